The van der Waals surface area contributed by atoms with Crippen molar-refractivity contribution in [3.05, 3.63) is 35.8 Å². The first kappa shape index (κ1) is 12.1. The highest BCUT2D eigenvalue weighted by atomic mass is 19.1. The van der Waals surface area contributed by atoms with Crippen LogP contribution < -0.4 is 5.32 Å². The Bertz CT molecular complexity index is 492. The van der Waals surface area contributed by atoms with E-state index in [9.17, 15) is 4.39 Å². The summed E-state index contributed by atoms with van der Waals surface area (Å²) in [7, 11) is 0. The molecule has 1 unspecified atom stereocenters. The summed E-state index contributed by atoms with van der Waals surface area (Å²) in [6.45, 7) is 6.18. The first-order valence-electron chi connectivity index (χ1n) is 6.10. The standard InChI is InChI=1S/C14H18FNO/c1-3-16-7-6-10(2)14-9-11-8-12(15)4-5-13(11)17-14/h4-5,8-10,16H,3,6-7H2,1-2H3. The summed E-state index contributed by atoms with van der Waals surface area (Å²) >= 11 is 0. The van der Waals surface area contributed by atoms with E-state index in [1.54, 1.807) is 6.07 Å². The molecule has 0 aliphatic rings. The third kappa shape index (κ3) is 2.86. The van der Waals surface area contributed by atoms with Gasteiger partial charge in [0.1, 0.15) is 17.2 Å². The molecular weight excluding hydrogens is 217 g/mol. The predicted octanol–water partition coefficient (Wildman–Crippen LogP) is 3.68. The van der Waals surface area contributed by atoms with E-state index >= 15 is 0 Å². The largest absolute Gasteiger partial charge is 0.461 e. The first-order valence-corrected chi connectivity index (χ1v) is 6.10. The maximum Gasteiger partial charge on any atom is 0.134 e. The van der Waals surface area contributed by atoms with E-state index in [0.717, 1.165) is 36.2 Å². The molecule has 2 rings (SSSR count). The Balaban J connectivity index is 2.12. The van der Waals surface area contributed by atoms with Gasteiger partial charge < -0.3 is 9.73 Å². The molecule has 2 aromatic rings. The van der Waals surface area contributed by atoms with Gasteiger partial charge in [0.2, 0.25) is 0 Å². The van der Waals surface area contributed by atoms with Crippen molar-refractivity contribution in [1.82, 2.24) is 5.32 Å². The van der Waals surface area contributed by atoms with Crippen molar-refractivity contribution < 1.29 is 8.81 Å². The molecule has 0 bridgehead atoms. The molecule has 92 valence electrons. The van der Waals surface area contributed by atoms with Crippen molar-refractivity contribution in [2.24, 2.45) is 0 Å². The van der Waals surface area contributed by atoms with Gasteiger partial charge in [0, 0.05) is 11.3 Å². The molecule has 1 aromatic heterocycles. The van der Waals surface area contributed by atoms with Gasteiger partial charge in [-0.15, -0.1) is 0 Å². The molecule has 17 heavy (non-hydrogen) atoms. The Hall–Kier alpha value is -1.35. The molecular formula is C14H18FNO. The summed E-state index contributed by atoms with van der Waals surface area (Å²) in [4.78, 5) is 0. The highest BCUT2D eigenvalue weighted by Gasteiger charge is 2.11. The normalized spacial score (nSPS) is 13.1. The van der Waals surface area contributed by atoms with Gasteiger partial charge in [0.25, 0.3) is 0 Å². The minimum Gasteiger partial charge on any atom is -0.461 e. The molecule has 0 saturated heterocycles. The van der Waals surface area contributed by atoms with Crippen molar-refractivity contribution in [2.45, 2.75) is 26.2 Å². The predicted molar refractivity (Wildman–Crippen MR) is 67.7 cm³/mol. The van der Waals surface area contributed by atoms with Gasteiger partial charge >= 0.3 is 0 Å². The Morgan fingerprint density at radius 3 is 2.94 bits per heavy atom. The number of nitrogens with one attached hydrogen (secondary N) is 1. The van der Waals surface area contributed by atoms with Gasteiger partial charge in [-0.05, 0) is 43.8 Å². The number of furan rings is 1. The van der Waals surface area contributed by atoms with E-state index in [4.69, 9.17) is 4.42 Å². The van der Waals surface area contributed by atoms with Crippen molar-refractivity contribution in [1.29, 1.82) is 0 Å². The van der Waals surface area contributed by atoms with E-state index in [-0.39, 0.29) is 5.82 Å². The summed E-state index contributed by atoms with van der Waals surface area (Å²) in [5.41, 5.74) is 0.761. The van der Waals surface area contributed by atoms with Crippen LogP contribution in [0.25, 0.3) is 11.0 Å². The zero-order valence-corrected chi connectivity index (χ0v) is 10.3. The lowest BCUT2D eigenvalue weighted by Gasteiger charge is -2.07. The van der Waals surface area contributed by atoms with Crippen LogP contribution in [0.3, 0.4) is 0 Å². The average Bonchev–Trinajstić information content (AvgIpc) is 2.72. The van der Waals surface area contributed by atoms with Crippen LogP contribution in [-0.4, -0.2) is 13.1 Å². The molecule has 1 N–H and O–H groups in total. The number of hydrogen-bond donors (Lipinski definition) is 1. The minimum atomic E-state index is -0.217. The van der Waals surface area contributed by atoms with Crippen LogP contribution in [0.5, 0.6) is 0 Å². The van der Waals surface area contributed by atoms with Gasteiger partial charge in [0.05, 0.1) is 0 Å². The lowest BCUT2D eigenvalue weighted by Crippen LogP contribution is -2.15. The number of halogens is 1. The minimum absolute atomic E-state index is 0.217. The molecule has 1 heterocycles. The Labute approximate surface area is 101 Å². The van der Waals surface area contributed by atoms with Gasteiger partial charge in [-0.1, -0.05) is 13.8 Å². The monoisotopic (exact) mass is 235 g/mol. The summed E-state index contributed by atoms with van der Waals surface area (Å²) in [6.07, 6.45) is 1.02. The number of benzene rings is 1. The lowest BCUT2D eigenvalue weighted by molar-refractivity contribution is 0.480. The third-order valence-corrected chi connectivity index (χ3v) is 2.99. The molecule has 0 aliphatic carbocycles. The molecule has 1 atom stereocenters. The zero-order chi connectivity index (χ0) is 12.3. The number of hydrogen-bond acceptors (Lipinski definition) is 2. The Kier molecular flexibility index (Phi) is 3.79. The second kappa shape index (κ2) is 5.32. The van der Waals surface area contributed by atoms with Crippen LogP contribution in [-0.2, 0) is 0 Å². The molecule has 0 amide bonds. The molecule has 1 aromatic carbocycles. The summed E-state index contributed by atoms with van der Waals surface area (Å²) < 4.78 is 18.8. The fourth-order valence-corrected chi connectivity index (χ4v) is 1.92. The summed E-state index contributed by atoms with van der Waals surface area (Å²) in [5.74, 6) is 1.07. The molecule has 0 saturated carbocycles. The second-order valence-electron chi connectivity index (χ2n) is 4.37. The molecule has 0 fully saturated rings. The Morgan fingerprint density at radius 2 is 2.18 bits per heavy atom. The van der Waals surface area contributed by atoms with E-state index in [1.165, 1.54) is 12.1 Å². The average molecular weight is 235 g/mol. The van der Waals surface area contributed by atoms with Gasteiger partial charge in [-0.2, -0.15) is 0 Å². The highest BCUT2D eigenvalue weighted by Crippen LogP contribution is 2.27. The number of rotatable bonds is 5. The third-order valence-electron chi connectivity index (χ3n) is 2.99. The van der Waals surface area contributed by atoms with Crippen molar-refractivity contribution in [2.75, 3.05) is 13.1 Å². The smallest absolute Gasteiger partial charge is 0.134 e. The van der Waals surface area contributed by atoms with Gasteiger partial charge in [0.15, 0.2) is 0 Å². The van der Waals surface area contributed by atoms with Crippen LogP contribution in [0.4, 0.5) is 4.39 Å². The van der Waals surface area contributed by atoms with Crippen LogP contribution in [0.1, 0.15) is 31.9 Å². The number of fused-ring (bicyclic) bond motifs is 1. The molecule has 3 heteroatoms. The molecule has 0 spiro atoms. The van der Waals surface area contributed by atoms with E-state index in [2.05, 4.69) is 19.2 Å². The summed E-state index contributed by atoms with van der Waals surface area (Å²) in [6, 6.07) is 6.57. The van der Waals surface area contributed by atoms with Crippen LogP contribution in [0.2, 0.25) is 0 Å². The molecule has 2 nitrogen and oxygen atoms in total. The quantitative estimate of drug-likeness (QED) is 0.800. The zero-order valence-electron chi connectivity index (χ0n) is 10.3. The molecule has 0 radical (unpaired) electrons. The van der Waals surface area contributed by atoms with Crippen LogP contribution >= 0.6 is 0 Å². The van der Waals surface area contributed by atoms with E-state index in [1.807, 2.05) is 6.07 Å². The van der Waals surface area contributed by atoms with E-state index < -0.39 is 0 Å². The van der Waals surface area contributed by atoms with Gasteiger partial charge in [-0.3, -0.25) is 0 Å². The maximum atomic E-state index is 13.0. The van der Waals surface area contributed by atoms with Crippen molar-refractivity contribution in [3.8, 4) is 0 Å². The highest BCUT2D eigenvalue weighted by molar-refractivity contribution is 5.78. The van der Waals surface area contributed by atoms with Crippen LogP contribution in [0, 0.1) is 5.82 Å². The van der Waals surface area contributed by atoms with Crippen LogP contribution in [0.15, 0.2) is 28.7 Å². The first-order chi connectivity index (χ1) is 8.20. The fourth-order valence-electron chi connectivity index (χ4n) is 1.92. The summed E-state index contributed by atoms with van der Waals surface area (Å²) in [5, 5.41) is 4.13. The topological polar surface area (TPSA) is 25.2 Å². The second-order valence-corrected chi connectivity index (χ2v) is 4.37. The lowest BCUT2D eigenvalue weighted by atomic mass is 10.0. The van der Waals surface area contributed by atoms with E-state index in [0.29, 0.717) is 5.92 Å². The molecule has 0 aliphatic heterocycles. The Morgan fingerprint density at radius 1 is 1.35 bits per heavy atom. The SMILES string of the molecule is CCNCCC(C)c1cc2cc(F)ccc2o1. The maximum absolute atomic E-state index is 13.0. The van der Waals surface area contributed by atoms with Crippen molar-refractivity contribution >= 4 is 11.0 Å². The van der Waals surface area contributed by atoms with Gasteiger partial charge in [-0.25, -0.2) is 4.39 Å². The van der Waals surface area contributed by atoms with Crippen molar-refractivity contribution in [3.63, 3.8) is 0 Å². The fraction of sp³-hybridized carbons (Fsp3) is 0.429.